The number of anilines is 1. The Hall–Kier alpha value is -2.50. The van der Waals surface area contributed by atoms with Crippen molar-refractivity contribution in [1.29, 1.82) is 0 Å². The first-order valence-corrected chi connectivity index (χ1v) is 7.70. The number of rotatable bonds is 8. The van der Waals surface area contributed by atoms with Crippen LogP contribution in [0.2, 0.25) is 0 Å². The molecule has 0 atom stereocenters. The Balaban J connectivity index is 1.71. The minimum Gasteiger partial charge on any atom is -0.497 e. The number of aromatic nitrogens is 2. The quantitative estimate of drug-likeness (QED) is 0.759. The zero-order chi connectivity index (χ0) is 16.7. The van der Waals surface area contributed by atoms with E-state index in [1.165, 1.54) is 0 Å². The molecular formula is C17H23N3O3. The van der Waals surface area contributed by atoms with Gasteiger partial charge in [-0.3, -0.25) is 4.79 Å². The van der Waals surface area contributed by atoms with Crippen LogP contribution in [0.5, 0.6) is 11.5 Å². The van der Waals surface area contributed by atoms with Crippen LogP contribution in [0.3, 0.4) is 0 Å². The van der Waals surface area contributed by atoms with Crippen molar-refractivity contribution < 1.29 is 14.3 Å². The van der Waals surface area contributed by atoms with Crippen molar-refractivity contribution in [3.8, 4) is 11.5 Å². The third-order valence-corrected chi connectivity index (χ3v) is 3.30. The van der Waals surface area contributed by atoms with Gasteiger partial charge in [-0.25, -0.2) is 4.68 Å². The smallest absolute Gasteiger partial charge is 0.225 e. The van der Waals surface area contributed by atoms with E-state index in [1.54, 1.807) is 24.1 Å². The molecule has 1 aromatic carbocycles. The number of nitrogens with one attached hydrogen (secondary N) is 1. The first-order chi connectivity index (χ1) is 11.1. The molecule has 0 saturated heterocycles. The van der Waals surface area contributed by atoms with Crippen molar-refractivity contribution in [1.82, 2.24) is 9.78 Å². The van der Waals surface area contributed by atoms with E-state index in [0.29, 0.717) is 19.4 Å². The predicted molar refractivity (Wildman–Crippen MR) is 89.0 cm³/mol. The number of hydrogen-bond acceptors (Lipinski definition) is 4. The zero-order valence-electron chi connectivity index (χ0n) is 13.8. The lowest BCUT2D eigenvalue weighted by Crippen LogP contribution is -2.17. The van der Waals surface area contributed by atoms with E-state index < -0.39 is 0 Å². The molecule has 1 aromatic heterocycles. The van der Waals surface area contributed by atoms with Crippen molar-refractivity contribution in [3.63, 3.8) is 0 Å². The fourth-order valence-electron chi connectivity index (χ4n) is 2.12. The maximum absolute atomic E-state index is 12.0. The van der Waals surface area contributed by atoms with Crippen molar-refractivity contribution in [2.24, 2.45) is 0 Å². The Morgan fingerprint density at radius 3 is 2.57 bits per heavy atom. The average Bonchev–Trinajstić information content (AvgIpc) is 3.00. The molecule has 1 amide bonds. The molecular weight excluding hydrogens is 294 g/mol. The van der Waals surface area contributed by atoms with Crippen LogP contribution < -0.4 is 14.8 Å². The Morgan fingerprint density at radius 2 is 1.91 bits per heavy atom. The fraction of sp³-hybridized carbons (Fsp3) is 0.412. The third kappa shape index (κ3) is 5.02. The van der Waals surface area contributed by atoms with Gasteiger partial charge in [0.1, 0.15) is 17.3 Å². The molecule has 23 heavy (non-hydrogen) atoms. The summed E-state index contributed by atoms with van der Waals surface area (Å²) in [7, 11) is 1.62. The molecule has 6 nitrogen and oxygen atoms in total. The summed E-state index contributed by atoms with van der Waals surface area (Å²) in [6.45, 7) is 4.53. The summed E-state index contributed by atoms with van der Waals surface area (Å²) in [5.41, 5.74) is 0. The molecule has 0 bridgehead atoms. The molecule has 0 unspecified atom stereocenters. The van der Waals surface area contributed by atoms with E-state index in [1.807, 2.05) is 38.1 Å². The van der Waals surface area contributed by atoms with Gasteiger partial charge < -0.3 is 14.8 Å². The molecule has 0 spiro atoms. The highest BCUT2D eigenvalue weighted by atomic mass is 16.5. The van der Waals surface area contributed by atoms with E-state index in [0.717, 1.165) is 17.3 Å². The molecule has 0 saturated carbocycles. The first kappa shape index (κ1) is 16.9. The molecule has 2 aromatic rings. The number of carbonyl (C=O) groups is 1. The van der Waals surface area contributed by atoms with E-state index >= 15 is 0 Å². The fourth-order valence-corrected chi connectivity index (χ4v) is 2.12. The Morgan fingerprint density at radius 1 is 1.22 bits per heavy atom. The molecule has 6 heteroatoms. The summed E-state index contributed by atoms with van der Waals surface area (Å²) in [6, 6.07) is 9.38. The van der Waals surface area contributed by atoms with E-state index in [9.17, 15) is 4.79 Å². The van der Waals surface area contributed by atoms with Gasteiger partial charge >= 0.3 is 0 Å². The van der Waals surface area contributed by atoms with Gasteiger partial charge in [0.15, 0.2) is 0 Å². The molecule has 0 aliphatic carbocycles. The lowest BCUT2D eigenvalue weighted by Gasteiger charge is -2.12. The summed E-state index contributed by atoms with van der Waals surface area (Å²) in [5, 5.41) is 7.06. The van der Waals surface area contributed by atoms with Crippen molar-refractivity contribution in [2.45, 2.75) is 32.7 Å². The monoisotopic (exact) mass is 317 g/mol. The van der Waals surface area contributed by atoms with Gasteiger partial charge in [0.05, 0.1) is 19.9 Å². The Bertz CT molecular complexity index is 620. The topological polar surface area (TPSA) is 65.4 Å². The number of ether oxygens (including phenoxy) is 2. The van der Waals surface area contributed by atoms with Crippen LogP contribution in [0, 0.1) is 0 Å². The summed E-state index contributed by atoms with van der Waals surface area (Å²) >= 11 is 0. The minimum atomic E-state index is -0.0364. The maximum Gasteiger partial charge on any atom is 0.225 e. The van der Waals surface area contributed by atoms with Crippen LogP contribution >= 0.6 is 0 Å². The zero-order valence-corrected chi connectivity index (χ0v) is 13.8. The van der Waals surface area contributed by atoms with Gasteiger partial charge in [0, 0.05) is 18.5 Å². The van der Waals surface area contributed by atoms with Crippen LogP contribution in [0.25, 0.3) is 0 Å². The standard InChI is InChI=1S/C17H23N3O3/c1-13(2)20-16(10-11-18-20)19-17(21)5-4-12-23-15-8-6-14(22-3)7-9-15/h6-11,13H,4-5,12H2,1-3H3,(H,19,21). The number of benzene rings is 1. The van der Waals surface area contributed by atoms with Gasteiger partial charge in [-0.05, 0) is 44.5 Å². The second-order valence-corrected chi connectivity index (χ2v) is 5.43. The molecule has 0 aliphatic heterocycles. The normalized spacial score (nSPS) is 10.6. The first-order valence-electron chi connectivity index (χ1n) is 7.70. The highest BCUT2D eigenvalue weighted by molar-refractivity contribution is 5.89. The predicted octanol–water partition coefficient (Wildman–Crippen LogP) is 3.27. The van der Waals surface area contributed by atoms with Crippen LogP contribution in [-0.2, 0) is 4.79 Å². The lowest BCUT2D eigenvalue weighted by atomic mass is 10.3. The van der Waals surface area contributed by atoms with Crippen LogP contribution in [0.1, 0.15) is 32.7 Å². The van der Waals surface area contributed by atoms with Crippen LogP contribution in [-0.4, -0.2) is 29.4 Å². The lowest BCUT2D eigenvalue weighted by molar-refractivity contribution is -0.116. The van der Waals surface area contributed by atoms with E-state index in [-0.39, 0.29) is 11.9 Å². The Labute approximate surface area is 136 Å². The van der Waals surface area contributed by atoms with Gasteiger partial charge in [-0.15, -0.1) is 0 Å². The SMILES string of the molecule is COc1ccc(OCCCC(=O)Nc2ccnn2C(C)C)cc1. The summed E-state index contributed by atoms with van der Waals surface area (Å²) in [6.07, 6.45) is 2.73. The molecule has 0 aliphatic rings. The summed E-state index contributed by atoms with van der Waals surface area (Å²) in [5.74, 6) is 2.24. The van der Waals surface area contributed by atoms with Crippen molar-refractivity contribution >= 4 is 11.7 Å². The van der Waals surface area contributed by atoms with Gasteiger partial charge in [-0.1, -0.05) is 0 Å². The van der Waals surface area contributed by atoms with E-state index in [2.05, 4.69) is 10.4 Å². The number of hydrogen-bond donors (Lipinski definition) is 1. The van der Waals surface area contributed by atoms with Crippen LogP contribution in [0.15, 0.2) is 36.5 Å². The maximum atomic E-state index is 12.0. The van der Waals surface area contributed by atoms with E-state index in [4.69, 9.17) is 9.47 Å². The van der Waals surface area contributed by atoms with Crippen molar-refractivity contribution in [2.75, 3.05) is 19.0 Å². The number of nitrogens with zero attached hydrogens (tertiary/aromatic N) is 2. The highest BCUT2D eigenvalue weighted by Gasteiger charge is 2.09. The van der Waals surface area contributed by atoms with Gasteiger partial charge in [-0.2, -0.15) is 5.10 Å². The van der Waals surface area contributed by atoms with Crippen LogP contribution in [0.4, 0.5) is 5.82 Å². The largest absolute Gasteiger partial charge is 0.497 e. The Kier molecular flexibility index (Phi) is 6.02. The molecule has 0 radical (unpaired) electrons. The molecule has 0 fully saturated rings. The summed E-state index contributed by atoms with van der Waals surface area (Å²) in [4.78, 5) is 12.0. The minimum absolute atomic E-state index is 0.0364. The second kappa shape index (κ2) is 8.22. The molecule has 1 heterocycles. The molecule has 2 rings (SSSR count). The van der Waals surface area contributed by atoms with Gasteiger partial charge in [0.25, 0.3) is 0 Å². The molecule has 1 N–H and O–H groups in total. The third-order valence-electron chi connectivity index (χ3n) is 3.30. The van der Waals surface area contributed by atoms with Gasteiger partial charge in [0.2, 0.25) is 5.91 Å². The number of amides is 1. The highest BCUT2D eigenvalue weighted by Crippen LogP contribution is 2.17. The molecule has 124 valence electrons. The van der Waals surface area contributed by atoms with Crippen molar-refractivity contribution in [3.05, 3.63) is 36.5 Å². The number of carbonyl (C=O) groups excluding carboxylic acids is 1. The number of methoxy groups -OCH3 is 1. The average molecular weight is 317 g/mol. The summed E-state index contributed by atoms with van der Waals surface area (Å²) < 4.78 is 12.5. The second-order valence-electron chi connectivity index (χ2n) is 5.43.